The molecule has 4 heteroatoms. The molecule has 0 bridgehead atoms. The van der Waals surface area contributed by atoms with E-state index < -0.39 is 0 Å². The van der Waals surface area contributed by atoms with Crippen molar-refractivity contribution in [2.24, 2.45) is 0 Å². The number of hydrogen-bond donors (Lipinski definition) is 0. The van der Waals surface area contributed by atoms with Crippen LogP contribution in [0, 0.1) is 0 Å². The molecule has 2 aromatic carbocycles. The number of carbonyl (C=O) groups excluding carboxylic acids is 1. The van der Waals surface area contributed by atoms with E-state index in [4.69, 9.17) is 4.74 Å². The van der Waals surface area contributed by atoms with Crippen LogP contribution in [0.25, 0.3) is 0 Å². The summed E-state index contributed by atoms with van der Waals surface area (Å²) in [5, 5.41) is 0. The Bertz CT molecular complexity index is 553. The van der Waals surface area contributed by atoms with Gasteiger partial charge >= 0.3 is 5.97 Å². The molecule has 0 amide bonds. The summed E-state index contributed by atoms with van der Waals surface area (Å²) in [4.78, 5) is 10.9. The zero-order chi connectivity index (χ0) is 16.9. The third-order valence-electron chi connectivity index (χ3n) is 3.07. The van der Waals surface area contributed by atoms with Gasteiger partial charge in [0.15, 0.2) is 0 Å². The van der Waals surface area contributed by atoms with Crippen LogP contribution in [0.4, 0.5) is 0 Å². The minimum Gasteiger partial charge on any atom is -0.497 e. The van der Waals surface area contributed by atoms with Gasteiger partial charge in [0.2, 0.25) is 0 Å². The Hall–Kier alpha value is -1.94. The lowest BCUT2D eigenvalue weighted by Gasteiger charge is -2.04. The molecule has 2 aromatic rings. The predicted octanol–water partition coefficient (Wildman–Crippen LogP) is 4.60. The summed E-state index contributed by atoms with van der Waals surface area (Å²) in [6.07, 6.45) is 2.37. The molecule has 0 saturated heterocycles. The molecule has 0 atom stereocenters. The van der Waals surface area contributed by atoms with Crippen LogP contribution in [0.15, 0.2) is 59.5 Å². The van der Waals surface area contributed by atoms with Crippen molar-refractivity contribution in [1.82, 2.24) is 0 Å². The van der Waals surface area contributed by atoms with Gasteiger partial charge in [-0.3, -0.25) is 4.79 Å². The molecule has 0 aliphatic rings. The summed E-state index contributed by atoms with van der Waals surface area (Å²) in [6, 6.07) is 18.9. The fraction of sp³-hybridized carbons (Fsp3) is 0.316. The Morgan fingerprint density at radius 2 is 1.61 bits per heavy atom. The summed E-state index contributed by atoms with van der Waals surface area (Å²) < 4.78 is 9.25. The van der Waals surface area contributed by atoms with Crippen LogP contribution in [0.5, 0.6) is 5.75 Å². The summed E-state index contributed by atoms with van der Waals surface area (Å²) in [5.41, 5.74) is 1.42. The van der Waals surface area contributed by atoms with E-state index >= 15 is 0 Å². The van der Waals surface area contributed by atoms with E-state index in [-0.39, 0.29) is 5.97 Å². The highest BCUT2D eigenvalue weighted by Gasteiger charge is 1.96. The number of ether oxygens (including phenoxy) is 2. The van der Waals surface area contributed by atoms with Crippen molar-refractivity contribution in [3.8, 4) is 5.75 Å². The highest BCUT2D eigenvalue weighted by Crippen LogP contribution is 2.22. The molecule has 0 radical (unpaired) electrons. The van der Waals surface area contributed by atoms with E-state index in [0.717, 1.165) is 17.9 Å². The Labute approximate surface area is 143 Å². The lowest BCUT2D eigenvalue weighted by Crippen LogP contribution is -1.88. The van der Waals surface area contributed by atoms with Gasteiger partial charge in [-0.1, -0.05) is 30.3 Å². The molecule has 0 saturated carbocycles. The van der Waals surface area contributed by atoms with Crippen molar-refractivity contribution in [3.05, 3.63) is 60.2 Å². The second-order valence-corrected chi connectivity index (χ2v) is 5.98. The first-order valence-corrected chi connectivity index (χ1v) is 8.49. The van der Waals surface area contributed by atoms with Gasteiger partial charge in [-0.25, -0.2) is 0 Å². The Kier molecular flexibility index (Phi) is 9.64. The van der Waals surface area contributed by atoms with Crippen LogP contribution in [0.2, 0.25) is 0 Å². The molecular formula is C19H24O3S. The van der Waals surface area contributed by atoms with E-state index in [9.17, 15) is 4.79 Å². The second kappa shape index (κ2) is 11.6. The molecule has 2 rings (SSSR count). The van der Waals surface area contributed by atoms with Gasteiger partial charge in [-0.05, 0) is 48.4 Å². The van der Waals surface area contributed by atoms with Crippen molar-refractivity contribution in [2.45, 2.75) is 24.7 Å². The maximum absolute atomic E-state index is 9.59. The monoisotopic (exact) mass is 332 g/mol. The first-order chi connectivity index (χ1) is 11.2. The highest BCUT2D eigenvalue weighted by molar-refractivity contribution is 7.99. The molecule has 0 aliphatic heterocycles. The zero-order valence-corrected chi connectivity index (χ0v) is 14.8. The maximum Gasteiger partial charge on any atom is 0.302 e. The number of thioether (sulfide) groups is 1. The van der Waals surface area contributed by atoms with E-state index in [1.54, 1.807) is 7.11 Å². The average molecular weight is 332 g/mol. The summed E-state index contributed by atoms with van der Waals surface area (Å²) >= 11 is 1.90. The third-order valence-corrected chi connectivity index (χ3v) is 4.17. The van der Waals surface area contributed by atoms with E-state index in [0.29, 0.717) is 0 Å². The van der Waals surface area contributed by atoms with Crippen LogP contribution in [-0.4, -0.2) is 25.9 Å². The van der Waals surface area contributed by atoms with E-state index in [2.05, 4.69) is 47.2 Å². The molecule has 23 heavy (non-hydrogen) atoms. The van der Waals surface area contributed by atoms with E-state index in [1.807, 2.05) is 23.9 Å². The maximum atomic E-state index is 9.59. The number of benzene rings is 2. The van der Waals surface area contributed by atoms with Crippen molar-refractivity contribution in [2.75, 3.05) is 20.0 Å². The van der Waals surface area contributed by atoms with Crippen LogP contribution in [0.1, 0.15) is 18.9 Å². The fourth-order valence-corrected chi connectivity index (χ4v) is 2.64. The van der Waals surface area contributed by atoms with Gasteiger partial charge in [0.1, 0.15) is 5.75 Å². The predicted molar refractivity (Wildman–Crippen MR) is 96.2 cm³/mol. The molecule has 0 aliphatic carbocycles. The lowest BCUT2D eigenvalue weighted by atomic mass is 10.1. The number of rotatable bonds is 6. The quantitative estimate of drug-likeness (QED) is 0.440. The summed E-state index contributed by atoms with van der Waals surface area (Å²) in [6.45, 7) is 1.36. The van der Waals surface area contributed by atoms with Gasteiger partial charge < -0.3 is 9.47 Å². The third kappa shape index (κ3) is 8.94. The standard InChI is InChI=1S/C16H18OS.C3H6O2/c1-17-15-9-11-16(12-10-15)18-13-5-8-14-6-3-2-4-7-14;1-3(4)5-2/h2-4,6-7,9-12H,5,8,13H2,1H3;1-2H3. The SMILES string of the molecule is COC(C)=O.COc1ccc(SCCCc2ccccc2)cc1. The average Bonchev–Trinajstić information content (AvgIpc) is 2.60. The Morgan fingerprint density at radius 1 is 1.00 bits per heavy atom. The smallest absolute Gasteiger partial charge is 0.302 e. The minimum atomic E-state index is -0.245. The number of esters is 1. The van der Waals surface area contributed by atoms with Crippen LogP contribution in [-0.2, 0) is 16.0 Å². The Morgan fingerprint density at radius 3 is 2.13 bits per heavy atom. The summed E-state index contributed by atoms with van der Waals surface area (Å²) in [5.74, 6) is 1.83. The first-order valence-electron chi connectivity index (χ1n) is 7.51. The molecular weight excluding hydrogens is 308 g/mol. The first kappa shape index (κ1) is 19.1. The molecule has 124 valence electrons. The molecule has 0 spiro atoms. The Balaban J connectivity index is 0.000000463. The van der Waals surface area contributed by atoms with Crippen LogP contribution < -0.4 is 4.74 Å². The van der Waals surface area contributed by atoms with Gasteiger partial charge in [-0.15, -0.1) is 11.8 Å². The largest absolute Gasteiger partial charge is 0.497 e. The normalized spacial score (nSPS) is 9.52. The number of methoxy groups -OCH3 is 2. The molecule has 3 nitrogen and oxygen atoms in total. The fourth-order valence-electron chi connectivity index (χ4n) is 1.78. The van der Waals surface area contributed by atoms with Gasteiger partial charge in [0.25, 0.3) is 0 Å². The van der Waals surface area contributed by atoms with Crippen molar-refractivity contribution >= 4 is 17.7 Å². The van der Waals surface area contributed by atoms with Crippen molar-refractivity contribution in [1.29, 1.82) is 0 Å². The number of carbonyl (C=O) groups is 1. The molecule has 0 heterocycles. The van der Waals surface area contributed by atoms with Crippen LogP contribution in [0.3, 0.4) is 0 Å². The topological polar surface area (TPSA) is 35.5 Å². The van der Waals surface area contributed by atoms with Gasteiger partial charge in [-0.2, -0.15) is 0 Å². The summed E-state index contributed by atoms with van der Waals surface area (Å²) in [7, 11) is 3.05. The van der Waals surface area contributed by atoms with Crippen LogP contribution >= 0.6 is 11.8 Å². The van der Waals surface area contributed by atoms with E-state index in [1.165, 1.54) is 30.9 Å². The lowest BCUT2D eigenvalue weighted by molar-refractivity contribution is -0.137. The number of aryl methyl sites for hydroxylation is 1. The minimum absolute atomic E-state index is 0.245. The highest BCUT2D eigenvalue weighted by atomic mass is 32.2. The zero-order valence-electron chi connectivity index (χ0n) is 14.0. The second-order valence-electron chi connectivity index (χ2n) is 4.81. The molecule has 0 N–H and O–H groups in total. The van der Waals surface area contributed by atoms with Crippen molar-refractivity contribution in [3.63, 3.8) is 0 Å². The number of hydrogen-bond acceptors (Lipinski definition) is 4. The molecule has 0 unspecified atom stereocenters. The van der Waals surface area contributed by atoms with Crippen molar-refractivity contribution < 1.29 is 14.3 Å². The van der Waals surface area contributed by atoms with Gasteiger partial charge in [0.05, 0.1) is 14.2 Å². The van der Waals surface area contributed by atoms with Gasteiger partial charge in [0, 0.05) is 11.8 Å². The molecule has 0 fully saturated rings. The molecule has 0 aromatic heterocycles.